The Hall–Kier alpha value is -0.330. The summed E-state index contributed by atoms with van der Waals surface area (Å²) in [7, 11) is 0. The highest BCUT2D eigenvalue weighted by atomic mass is 16.1. The maximum absolute atomic E-state index is 12.7. The van der Waals surface area contributed by atoms with E-state index in [9.17, 15) is 4.79 Å². The minimum absolute atomic E-state index is 0.240. The van der Waals surface area contributed by atoms with Gasteiger partial charge in [-0.05, 0) is 114 Å². The van der Waals surface area contributed by atoms with Gasteiger partial charge in [-0.15, -0.1) is 0 Å². The number of rotatable bonds is 1. The van der Waals surface area contributed by atoms with Crippen LogP contribution in [0.1, 0.15) is 120 Å². The Bertz CT molecular complexity index is 768. The minimum atomic E-state index is 0.240. The Morgan fingerprint density at radius 3 is 1.87 bits per heavy atom. The highest BCUT2D eigenvalue weighted by Crippen LogP contribution is 2.78. The van der Waals surface area contributed by atoms with E-state index in [4.69, 9.17) is 0 Å². The van der Waals surface area contributed by atoms with Crippen LogP contribution in [0.3, 0.4) is 0 Å². The molecular weight excluding hydrogens is 376 g/mol. The fourth-order valence-corrected chi connectivity index (χ4v) is 11.9. The third-order valence-electron chi connectivity index (χ3n) is 13.9. The zero-order chi connectivity index (χ0) is 22.6. The first-order chi connectivity index (χ1) is 14.3. The molecule has 5 aliphatic carbocycles. The topological polar surface area (TPSA) is 17.1 Å². The van der Waals surface area contributed by atoms with Crippen molar-refractivity contribution in [3.05, 3.63) is 0 Å². The second-order valence-electron chi connectivity index (χ2n) is 14.7. The molecule has 176 valence electrons. The van der Waals surface area contributed by atoms with Crippen molar-refractivity contribution in [2.45, 2.75) is 120 Å². The smallest absolute Gasteiger partial charge is 0.136 e. The summed E-state index contributed by atoms with van der Waals surface area (Å²) in [4.78, 5) is 12.7. The summed E-state index contributed by atoms with van der Waals surface area (Å²) >= 11 is 0. The van der Waals surface area contributed by atoms with E-state index >= 15 is 0 Å². The summed E-state index contributed by atoms with van der Waals surface area (Å²) < 4.78 is 0. The second-order valence-corrected chi connectivity index (χ2v) is 14.7. The maximum Gasteiger partial charge on any atom is 0.136 e. The number of hydrogen-bond acceptors (Lipinski definition) is 1. The Labute approximate surface area is 192 Å². The van der Waals surface area contributed by atoms with Gasteiger partial charge in [-0.3, -0.25) is 4.79 Å². The molecule has 10 atom stereocenters. The Balaban J connectivity index is 1.53. The molecule has 0 N–H and O–H groups in total. The van der Waals surface area contributed by atoms with Gasteiger partial charge in [-0.2, -0.15) is 0 Å². The third-order valence-corrected chi connectivity index (χ3v) is 13.9. The molecule has 31 heavy (non-hydrogen) atoms. The molecule has 0 saturated heterocycles. The molecule has 0 amide bonds. The van der Waals surface area contributed by atoms with Gasteiger partial charge in [-0.1, -0.05) is 55.4 Å². The molecule has 1 nitrogen and oxygen atoms in total. The van der Waals surface area contributed by atoms with Crippen molar-refractivity contribution in [1.82, 2.24) is 0 Å². The monoisotopic (exact) mass is 426 g/mol. The van der Waals surface area contributed by atoms with Gasteiger partial charge in [0.2, 0.25) is 0 Å². The summed E-state index contributed by atoms with van der Waals surface area (Å²) in [5.41, 5.74) is 2.20. The van der Waals surface area contributed by atoms with Crippen molar-refractivity contribution in [3.8, 4) is 0 Å². The van der Waals surface area contributed by atoms with E-state index in [1.807, 2.05) is 0 Å². The van der Waals surface area contributed by atoms with E-state index in [2.05, 4.69) is 55.4 Å². The summed E-state index contributed by atoms with van der Waals surface area (Å²) in [5, 5.41) is 0. The van der Waals surface area contributed by atoms with E-state index in [1.54, 1.807) is 0 Å². The Morgan fingerprint density at radius 1 is 0.677 bits per heavy atom. The molecule has 0 spiro atoms. The Kier molecular flexibility index (Phi) is 4.80. The average Bonchev–Trinajstić information content (AvgIpc) is 3.06. The molecule has 0 radical (unpaired) electrons. The van der Waals surface area contributed by atoms with E-state index in [1.165, 1.54) is 51.4 Å². The maximum atomic E-state index is 12.7. The molecule has 5 aliphatic rings. The SMILES string of the molecule is CC(C)[C@H]1CC[C@H]2[C@]1(C)CC[C@]1(C)[C@H]3CC[C@@]4(C)[C@@H](CCC(=O)[C@@H]4C)[C@]3(C)CC[C@@]21C. The zero-order valence-corrected chi connectivity index (χ0v) is 21.9. The number of fused-ring (bicyclic) bond motifs is 7. The second kappa shape index (κ2) is 6.63. The van der Waals surface area contributed by atoms with Crippen LogP contribution < -0.4 is 0 Å². The molecule has 0 aliphatic heterocycles. The lowest BCUT2D eigenvalue weighted by Gasteiger charge is -2.73. The van der Waals surface area contributed by atoms with Gasteiger partial charge in [0.15, 0.2) is 0 Å². The lowest BCUT2D eigenvalue weighted by molar-refractivity contribution is -0.245. The van der Waals surface area contributed by atoms with Crippen LogP contribution in [0.15, 0.2) is 0 Å². The van der Waals surface area contributed by atoms with Gasteiger partial charge in [0.1, 0.15) is 5.78 Å². The average molecular weight is 427 g/mol. The molecule has 0 aromatic heterocycles. The number of hydrogen-bond donors (Lipinski definition) is 0. The molecular formula is C30H50O. The number of Topliss-reactive ketones (excluding diaryl/α,β-unsaturated/α-hetero) is 1. The van der Waals surface area contributed by atoms with E-state index in [0.29, 0.717) is 27.4 Å². The van der Waals surface area contributed by atoms with Crippen LogP contribution >= 0.6 is 0 Å². The van der Waals surface area contributed by atoms with Gasteiger partial charge in [0, 0.05) is 12.3 Å². The molecule has 0 bridgehead atoms. The summed E-state index contributed by atoms with van der Waals surface area (Å²) in [6.45, 7) is 20.6. The van der Waals surface area contributed by atoms with Gasteiger partial charge >= 0.3 is 0 Å². The van der Waals surface area contributed by atoms with Crippen LogP contribution in [-0.4, -0.2) is 5.78 Å². The molecule has 0 unspecified atom stereocenters. The van der Waals surface area contributed by atoms with E-state index in [-0.39, 0.29) is 11.3 Å². The van der Waals surface area contributed by atoms with Crippen LogP contribution in [0.5, 0.6) is 0 Å². The highest BCUT2D eigenvalue weighted by molar-refractivity contribution is 5.82. The minimum Gasteiger partial charge on any atom is -0.299 e. The lowest BCUT2D eigenvalue weighted by Crippen LogP contribution is -2.66. The van der Waals surface area contributed by atoms with Gasteiger partial charge < -0.3 is 0 Å². The van der Waals surface area contributed by atoms with Crippen LogP contribution in [0.25, 0.3) is 0 Å². The first kappa shape index (κ1) is 22.5. The first-order valence-corrected chi connectivity index (χ1v) is 13.9. The van der Waals surface area contributed by atoms with Gasteiger partial charge in [0.05, 0.1) is 0 Å². The van der Waals surface area contributed by atoms with Crippen molar-refractivity contribution in [3.63, 3.8) is 0 Å². The molecule has 0 aromatic carbocycles. The third kappa shape index (κ3) is 2.53. The van der Waals surface area contributed by atoms with Crippen molar-refractivity contribution in [1.29, 1.82) is 0 Å². The number of carbonyl (C=O) groups excluding carboxylic acids is 1. The quantitative estimate of drug-likeness (QED) is 0.412. The summed E-state index contributed by atoms with van der Waals surface area (Å²) in [6, 6.07) is 0. The summed E-state index contributed by atoms with van der Waals surface area (Å²) in [5.74, 6) is 5.07. The predicted octanol–water partition coefficient (Wildman–Crippen LogP) is 8.31. The molecule has 5 fully saturated rings. The van der Waals surface area contributed by atoms with Gasteiger partial charge in [-0.25, -0.2) is 0 Å². The van der Waals surface area contributed by atoms with Gasteiger partial charge in [0.25, 0.3) is 0 Å². The number of carbonyl (C=O) groups is 1. The molecule has 1 heteroatoms. The number of ketones is 1. The normalized spacial score (nSPS) is 59.0. The van der Waals surface area contributed by atoms with Crippen molar-refractivity contribution >= 4 is 5.78 Å². The fourth-order valence-electron chi connectivity index (χ4n) is 11.9. The van der Waals surface area contributed by atoms with Crippen molar-refractivity contribution < 1.29 is 4.79 Å². The van der Waals surface area contributed by atoms with Crippen molar-refractivity contribution in [2.75, 3.05) is 0 Å². The van der Waals surface area contributed by atoms with E-state index in [0.717, 1.165) is 42.4 Å². The van der Waals surface area contributed by atoms with Crippen LogP contribution in [-0.2, 0) is 4.79 Å². The predicted molar refractivity (Wildman–Crippen MR) is 130 cm³/mol. The largest absolute Gasteiger partial charge is 0.299 e. The van der Waals surface area contributed by atoms with Crippen LogP contribution in [0.2, 0.25) is 0 Å². The Morgan fingerprint density at radius 2 is 1.26 bits per heavy atom. The fraction of sp³-hybridized carbons (Fsp3) is 0.967. The van der Waals surface area contributed by atoms with E-state index < -0.39 is 0 Å². The van der Waals surface area contributed by atoms with Crippen LogP contribution in [0.4, 0.5) is 0 Å². The molecule has 5 saturated carbocycles. The van der Waals surface area contributed by atoms with Crippen molar-refractivity contribution in [2.24, 2.45) is 62.6 Å². The zero-order valence-electron chi connectivity index (χ0n) is 21.9. The molecule has 5 rings (SSSR count). The van der Waals surface area contributed by atoms with Crippen LogP contribution in [0, 0.1) is 62.6 Å². The lowest BCUT2D eigenvalue weighted by atomic mass is 9.31. The molecule has 0 heterocycles. The first-order valence-electron chi connectivity index (χ1n) is 13.9. The molecule has 0 aromatic rings. The summed E-state index contributed by atoms with van der Waals surface area (Å²) in [6.07, 6.45) is 13.3. The standard InChI is InChI=1S/C30H50O/c1-19(2)21-9-11-24-27(21,5)15-17-30(8)25-13-14-26(4)20(3)22(31)10-12-23(26)28(25,6)16-18-29(24,30)7/h19-21,23-25H,9-18H2,1-8H3/t20-,21+,23+,24-,25-,26+,27+,28-,29-,30+/m0/s1. The highest BCUT2D eigenvalue weighted by Gasteiger charge is 2.71.